The molecular weight excluding hydrogens is 284 g/mol. The van der Waals surface area contributed by atoms with Crippen molar-refractivity contribution < 1.29 is 8.42 Å². The maximum Gasteiger partial charge on any atom is 0.182 e. The van der Waals surface area contributed by atoms with Crippen molar-refractivity contribution in [1.29, 1.82) is 0 Å². The number of fused-ring (bicyclic) bond motifs is 1. The van der Waals surface area contributed by atoms with Gasteiger partial charge in [-0.15, -0.1) is 0 Å². The lowest BCUT2D eigenvalue weighted by Crippen LogP contribution is -2.10. The van der Waals surface area contributed by atoms with Crippen molar-refractivity contribution in [2.24, 2.45) is 5.73 Å². The van der Waals surface area contributed by atoms with Crippen LogP contribution in [0.4, 0.5) is 0 Å². The number of aryl methyl sites for hydroxylation is 2. The van der Waals surface area contributed by atoms with Crippen LogP contribution < -0.4 is 5.73 Å². The van der Waals surface area contributed by atoms with Crippen molar-refractivity contribution >= 4 is 9.84 Å². The average Bonchev–Trinajstić information content (AvgIpc) is 2.95. The van der Waals surface area contributed by atoms with Gasteiger partial charge in [0.1, 0.15) is 0 Å². The van der Waals surface area contributed by atoms with E-state index in [1.165, 1.54) is 11.1 Å². The third-order valence-corrected chi connectivity index (χ3v) is 5.62. The first-order valence-electron chi connectivity index (χ1n) is 7.07. The quantitative estimate of drug-likeness (QED) is 0.937. The number of pyridine rings is 1. The molecule has 0 aliphatic heterocycles. The first-order chi connectivity index (χ1) is 10.1. The zero-order chi connectivity index (χ0) is 14.9. The molecule has 1 aromatic heterocycles. The first kappa shape index (κ1) is 14.2. The van der Waals surface area contributed by atoms with E-state index < -0.39 is 9.84 Å². The van der Waals surface area contributed by atoms with Crippen LogP contribution in [-0.2, 0) is 35.0 Å². The van der Waals surface area contributed by atoms with Crippen molar-refractivity contribution in [1.82, 2.24) is 4.98 Å². The normalized spacial score (nSPS) is 14.1. The number of benzene rings is 1. The minimum Gasteiger partial charge on any atom is -0.325 e. The number of hydrogen-bond donors (Lipinski definition) is 1. The number of hydrogen-bond acceptors (Lipinski definition) is 4. The van der Waals surface area contributed by atoms with Crippen molar-refractivity contribution in [3.8, 4) is 0 Å². The molecule has 4 nitrogen and oxygen atoms in total. The van der Waals surface area contributed by atoms with E-state index in [-0.39, 0.29) is 12.3 Å². The van der Waals surface area contributed by atoms with Crippen LogP contribution >= 0.6 is 0 Å². The summed E-state index contributed by atoms with van der Waals surface area (Å²) in [6.07, 6.45) is 4.77. The highest BCUT2D eigenvalue weighted by molar-refractivity contribution is 7.90. The molecule has 3 rings (SSSR count). The van der Waals surface area contributed by atoms with E-state index in [0.717, 1.165) is 19.3 Å². The third-order valence-electron chi connectivity index (χ3n) is 3.95. The molecule has 21 heavy (non-hydrogen) atoms. The molecule has 1 heterocycles. The molecule has 0 amide bonds. The van der Waals surface area contributed by atoms with E-state index in [4.69, 9.17) is 5.73 Å². The number of aromatic nitrogens is 1. The highest BCUT2D eigenvalue weighted by Gasteiger charge is 2.20. The SMILES string of the molecule is NCc1ncccc1CS(=O)(=O)c1ccc2c(c1)CCC2. The molecule has 0 spiro atoms. The van der Waals surface area contributed by atoms with Crippen molar-refractivity contribution in [2.45, 2.75) is 36.5 Å². The van der Waals surface area contributed by atoms with Crippen molar-refractivity contribution in [3.63, 3.8) is 0 Å². The molecule has 0 unspecified atom stereocenters. The molecule has 2 aromatic rings. The Morgan fingerprint density at radius 3 is 2.76 bits per heavy atom. The number of nitrogens with two attached hydrogens (primary N) is 1. The molecule has 0 atom stereocenters. The van der Waals surface area contributed by atoms with Crippen LogP contribution in [0.1, 0.15) is 28.8 Å². The van der Waals surface area contributed by atoms with Crippen LogP contribution in [0.25, 0.3) is 0 Å². The average molecular weight is 302 g/mol. The Bertz CT molecular complexity index is 770. The summed E-state index contributed by atoms with van der Waals surface area (Å²) in [4.78, 5) is 4.54. The molecule has 1 aromatic carbocycles. The van der Waals surface area contributed by atoms with Crippen LogP contribution in [0.3, 0.4) is 0 Å². The lowest BCUT2D eigenvalue weighted by atomic mass is 10.1. The molecule has 0 radical (unpaired) electrons. The van der Waals surface area contributed by atoms with Gasteiger partial charge in [-0.05, 0) is 54.2 Å². The van der Waals surface area contributed by atoms with Gasteiger partial charge < -0.3 is 5.73 Å². The predicted molar refractivity (Wildman–Crippen MR) is 81.5 cm³/mol. The van der Waals surface area contributed by atoms with Crippen molar-refractivity contribution in [2.75, 3.05) is 0 Å². The van der Waals surface area contributed by atoms with E-state index in [1.54, 1.807) is 24.4 Å². The molecule has 1 aliphatic rings. The van der Waals surface area contributed by atoms with Crippen LogP contribution in [0.15, 0.2) is 41.4 Å². The summed E-state index contributed by atoms with van der Waals surface area (Å²) >= 11 is 0. The van der Waals surface area contributed by atoms with Gasteiger partial charge in [0.25, 0.3) is 0 Å². The Kier molecular flexibility index (Phi) is 3.78. The number of nitrogens with zero attached hydrogens (tertiary/aromatic N) is 1. The first-order valence-corrected chi connectivity index (χ1v) is 8.73. The predicted octanol–water partition coefficient (Wildman–Crippen LogP) is 2.00. The van der Waals surface area contributed by atoms with Gasteiger partial charge in [-0.1, -0.05) is 12.1 Å². The Morgan fingerprint density at radius 2 is 1.95 bits per heavy atom. The smallest absolute Gasteiger partial charge is 0.182 e. The van der Waals surface area contributed by atoms with Gasteiger partial charge >= 0.3 is 0 Å². The fourth-order valence-electron chi connectivity index (χ4n) is 2.82. The van der Waals surface area contributed by atoms with Gasteiger partial charge in [-0.3, -0.25) is 4.98 Å². The summed E-state index contributed by atoms with van der Waals surface area (Å²) in [5, 5.41) is 0. The monoisotopic (exact) mass is 302 g/mol. The van der Waals surface area contributed by atoms with Gasteiger partial charge in [0, 0.05) is 12.7 Å². The maximum absolute atomic E-state index is 12.6. The molecule has 1 aliphatic carbocycles. The zero-order valence-electron chi connectivity index (χ0n) is 11.7. The summed E-state index contributed by atoms with van der Waals surface area (Å²) < 4.78 is 25.2. The molecule has 110 valence electrons. The number of rotatable bonds is 4. The van der Waals surface area contributed by atoms with Crippen molar-refractivity contribution in [3.05, 3.63) is 58.9 Å². The molecule has 0 fully saturated rings. The van der Waals surface area contributed by atoms with E-state index in [1.807, 2.05) is 12.1 Å². The van der Waals surface area contributed by atoms with Crippen LogP contribution in [0.2, 0.25) is 0 Å². The van der Waals surface area contributed by atoms with Crippen LogP contribution in [0, 0.1) is 0 Å². The van der Waals surface area contributed by atoms with Gasteiger partial charge in [0.15, 0.2) is 9.84 Å². The lowest BCUT2D eigenvalue weighted by molar-refractivity contribution is 0.594. The zero-order valence-corrected chi connectivity index (χ0v) is 12.6. The van der Waals surface area contributed by atoms with Gasteiger partial charge in [0.2, 0.25) is 0 Å². The summed E-state index contributed by atoms with van der Waals surface area (Å²) in [6.45, 7) is 0.246. The standard InChI is InChI=1S/C16H18N2O2S/c17-10-16-14(5-2-8-18-16)11-21(19,20)15-7-6-12-3-1-4-13(12)9-15/h2,5-9H,1,3-4,10-11,17H2. The Balaban J connectivity index is 1.94. The van der Waals surface area contributed by atoms with Crippen LogP contribution in [-0.4, -0.2) is 13.4 Å². The second kappa shape index (κ2) is 5.58. The van der Waals surface area contributed by atoms with Gasteiger partial charge in [-0.25, -0.2) is 8.42 Å². The molecular formula is C16H18N2O2S. The van der Waals surface area contributed by atoms with E-state index in [0.29, 0.717) is 16.2 Å². The van der Waals surface area contributed by atoms with Crippen LogP contribution in [0.5, 0.6) is 0 Å². The molecule has 0 bridgehead atoms. The van der Waals surface area contributed by atoms with E-state index in [9.17, 15) is 8.42 Å². The van der Waals surface area contributed by atoms with E-state index >= 15 is 0 Å². The fraction of sp³-hybridized carbons (Fsp3) is 0.312. The lowest BCUT2D eigenvalue weighted by Gasteiger charge is -2.09. The summed E-state index contributed by atoms with van der Waals surface area (Å²) in [5.41, 5.74) is 9.39. The highest BCUT2D eigenvalue weighted by atomic mass is 32.2. The third kappa shape index (κ3) is 2.84. The Labute approximate surface area is 124 Å². The minimum atomic E-state index is -3.36. The topological polar surface area (TPSA) is 73.0 Å². The van der Waals surface area contributed by atoms with E-state index in [2.05, 4.69) is 4.98 Å². The Hall–Kier alpha value is -1.72. The van der Waals surface area contributed by atoms with Gasteiger partial charge in [0.05, 0.1) is 16.3 Å². The molecule has 2 N–H and O–H groups in total. The summed E-state index contributed by atoms with van der Waals surface area (Å²) in [6, 6.07) is 9.02. The fourth-order valence-corrected chi connectivity index (χ4v) is 4.25. The molecule has 0 saturated carbocycles. The second-order valence-corrected chi connectivity index (χ2v) is 7.35. The molecule has 5 heteroatoms. The maximum atomic E-state index is 12.6. The minimum absolute atomic E-state index is 0.0494. The van der Waals surface area contributed by atoms with Gasteiger partial charge in [-0.2, -0.15) is 0 Å². The summed E-state index contributed by atoms with van der Waals surface area (Å²) in [7, 11) is -3.36. The summed E-state index contributed by atoms with van der Waals surface area (Å²) in [5.74, 6) is -0.0494. The largest absolute Gasteiger partial charge is 0.325 e. The molecule has 0 saturated heterocycles. The number of sulfone groups is 1. The second-order valence-electron chi connectivity index (χ2n) is 5.36. The Morgan fingerprint density at radius 1 is 1.14 bits per heavy atom. The highest BCUT2D eigenvalue weighted by Crippen LogP contribution is 2.26.